The van der Waals surface area contributed by atoms with E-state index in [1.54, 1.807) is 10.8 Å². The first-order valence-electron chi connectivity index (χ1n) is 7.12. The summed E-state index contributed by atoms with van der Waals surface area (Å²) in [6.07, 6.45) is 2.15. The number of aromatic nitrogens is 4. The molecule has 1 fully saturated rings. The van der Waals surface area contributed by atoms with Crippen LogP contribution in [-0.4, -0.2) is 70.4 Å². The number of carbonyl (C=O) groups is 1. The first kappa shape index (κ1) is 13.7. The summed E-state index contributed by atoms with van der Waals surface area (Å²) in [6.45, 7) is 3.80. The number of hydrogen-bond donors (Lipinski definition) is 1. The molecule has 0 unspecified atom stereocenters. The first-order chi connectivity index (χ1) is 10.3. The van der Waals surface area contributed by atoms with Crippen LogP contribution in [0.5, 0.6) is 0 Å². The van der Waals surface area contributed by atoms with Gasteiger partial charge in [0.15, 0.2) is 5.65 Å². The van der Waals surface area contributed by atoms with Gasteiger partial charge in [0.05, 0.1) is 0 Å². The molecule has 2 aromatic heterocycles. The Labute approximate surface area is 122 Å². The molecule has 8 heteroatoms. The molecule has 0 saturated carbocycles. The fourth-order valence-electron chi connectivity index (χ4n) is 2.46. The number of anilines is 1. The summed E-state index contributed by atoms with van der Waals surface area (Å²) < 4.78 is 1.67. The second-order valence-corrected chi connectivity index (χ2v) is 5.05. The topological polar surface area (TPSA) is 78.7 Å². The first-order valence-corrected chi connectivity index (χ1v) is 7.12. The van der Waals surface area contributed by atoms with Gasteiger partial charge in [0.1, 0.15) is 12.1 Å². The Bertz CT molecular complexity index is 618. The van der Waals surface area contributed by atoms with Crippen molar-refractivity contribution >= 4 is 17.4 Å². The summed E-state index contributed by atoms with van der Waals surface area (Å²) in [4.78, 5) is 16.1. The molecule has 0 aromatic carbocycles. The number of fused-ring (bicyclic) bond motifs is 1. The lowest BCUT2D eigenvalue weighted by atomic mass is 10.2. The van der Waals surface area contributed by atoms with Gasteiger partial charge >= 0.3 is 0 Å². The standard InChI is InChI=1S/C13H19N7O/c1-14-5-4-13(21)19-8-6-18(7-9-19)12-3-2-11-16-15-10-20(11)17-12/h2-3,10,14H,4-9H2,1H3. The third-order valence-corrected chi connectivity index (χ3v) is 3.69. The van der Waals surface area contributed by atoms with Crippen molar-refractivity contribution in [1.29, 1.82) is 0 Å². The maximum atomic E-state index is 12.0. The van der Waals surface area contributed by atoms with E-state index >= 15 is 0 Å². The van der Waals surface area contributed by atoms with E-state index < -0.39 is 0 Å². The van der Waals surface area contributed by atoms with Gasteiger partial charge in [-0.25, -0.2) is 0 Å². The fourth-order valence-corrected chi connectivity index (χ4v) is 2.46. The molecule has 0 aliphatic carbocycles. The molecule has 3 heterocycles. The zero-order chi connectivity index (χ0) is 14.7. The molecule has 1 saturated heterocycles. The molecule has 1 aliphatic heterocycles. The van der Waals surface area contributed by atoms with E-state index in [0.29, 0.717) is 6.42 Å². The highest BCUT2D eigenvalue weighted by Gasteiger charge is 2.21. The average Bonchev–Trinajstić information content (AvgIpc) is 3.00. The van der Waals surface area contributed by atoms with Crippen LogP contribution in [0.15, 0.2) is 18.5 Å². The van der Waals surface area contributed by atoms with Gasteiger partial charge in [-0.3, -0.25) is 4.79 Å². The molecular weight excluding hydrogens is 270 g/mol. The third-order valence-electron chi connectivity index (χ3n) is 3.69. The van der Waals surface area contributed by atoms with Crippen molar-refractivity contribution in [3.05, 3.63) is 18.5 Å². The van der Waals surface area contributed by atoms with Gasteiger partial charge in [0.25, 0.3) is 0 Å². The monoisotopic (exact) mass is 289 g/mol. The second kappa shape index (κ2) is 6.04. The number of hydrogen-bond acceptors (Lipinski definition) is 6. The molecule has 1 aliphatic rings. The van der Waals surface area contributed by atoms with Gasteiger partial charge in [-0.15, -0.1) is 15.3 Å². The fraction of sp³-hybridized carbons (Fsp3) is 0.538. The van der Waals surface area contributed by atoms with E-state index in [9.17, 15) is 4.79 Å². The molecule has 1 amide bonds. The second-order valence-electron chi connectivity index (χ2n) is 5.05. The van der Waals surface area contributed by atoms with Gasteiger partial charge in [-0.2, -0.15) is 4.52 Å². The van der Waals surface area contributed by atoms with Crippen molar-refractivity contribution in [3.8, 4) is 0 Å². The lowest BCUT2D eigenvalue weighted by Crippen LogP contribution is -2.49. The van der Waals surface area contributed by atoms with Crippen LogP contribution in [0.1, 0.15) is 6.42 Å². The van der Waals surface area contributed by atoms with Crippen LogP contribution in [0, 0.1) is 0 Å². The number of carbonyl (C=O) groups excluding carboxylic acids is 1. The van der Waals surface area contributed by atoms with Gasteiger partial charge in [0.2, 0.25) is 5.91 Å². The van der Waals surface area contributed by atoms with Crippen molar-refractivity contribution in [3.63, 3.8) is 0 Å². The summed E-state index contributed by atoms with van der Waals surface area (Å²) >= 11 is 0. The van der Waals surface area contributed by atoms with Crippen LogP contribution >= 0.6 is 0 Å². The Kier molecular flexibility index (Phi) is 3.96. The lowest BCUT2D eigenvalue weighted by Gasteiger charge is -2.35. The van der Waals surface area contributed by atoms with Crippen LogP contribution in [-0.2, 0) is 4.79 Å². The zero-order valence-corrected chi connectivity index (χ0v) is 12.1. The third kappa shape index (κ3) is 2.94. The van der Waals surface area contributed by atoms with Crippen LogP contribution in [0.4, 0.5) is 5.82 Å². The van der Waals surface area contributed by atoms with Crippen molar-refractivity contribution in [2.24, 2.45) is 0 Å². The van der Waals surface area contributed by atoms with Crippen LogP contribution in [0.3, 0.4) is 0 Å². The number of nitrogens with zero attached hydrogens (tertiary/aromatic N) is 6. The van der Waals surface area contributed by atoms with Gasteiger partial charge in [-0.05, 0) is 19.2 Å². The van der Waals surface area contributed by atoms with Crippen molar-refractivity contribution in [2.45, 2.75) is 6.42 Å². The molecule has 0 atom stereocenters. The highest BCUT2D eigenvalue weighted by Crippen LogP contribution is 2.14. The molecule has 0 radical (unpaired) electrons. The number of rotatable bonds is 4. The quantitative estimate of drug-likeness (QED) is 0.808. The predicted molar refractivity (Wildman–Crippen MR) is 78.1 cm³/mol. The predicted octanol–water partition coefficient (Wildman–Crippen LogP) is -0.618. The molecule has 1 N–H and O–H groups in total. The Morgan fingerprint density at radius 3 is 2.86 bits per heavy atom. The molecule has 0 bridgehead atoms. The van der Waals surface area contributed by atoms with Gasteiger partial charge in [-0.1, -0.05) is 0 Å². The average molecular weight is 289 g/mol. The van der Waals surface area contributed by atoms with E-state index in [4.69, 9.17) is 0 Å². The molecular formula is C13H19N7O. The minimum atomic E-state index is 0.214. The molecule has 2 aromatic rings. The van der Waals surface area contributed by atoms with E-state index in [1.165, 1.54) is 0 Å². The Hall–Kier alpha value is -2.22. The number of piperazine rings is 1. The molecule has 8 nitrogen and oxygen atoms in total. The van der Waals surface area contributed by atoms with Crippen LogP contribution < -0.4 is 10.2 Å². The van der Waals surface area contributed by atoms with E-state index in [0.717, 1.165) is 44.2 Å². The Morgan fingerprint density at radius 1 is 1.29 bits per heavy atom. The Balaban J connectivity index is 1.61. The van der Waals surface area contributed by atoms with E-state index in [2.05, 4.69) is 25.5 Å². The summed E-state index contributed by atoms with van der Waals surface area (Å²) in [5.74, 6) is 1.11. The van der Waals surface area contributed by atoms with E-state index in [-0.39, 0.29) is 5.91 Å². The zero-order valence-electron chi connectivity index (χ0n) is 12.1. The molecule has 0 spiro atoms. The van der Waals surface area contributed by atoms with E-state index in [1.807, 2.05) is 24.1 Å². The minimum Gasteiger partial charge on any atom is -0.352 e. The molecule has 3 rings (SSSR count). The SMILES string of the molecule is CNCCC(=O)N1CCN(c2ccc3nncn3n2)CC1. The highest BCUT2D eigenvalue weighted by molar-refractivity contribution is 5.76. The summed E-state index contributed by atoms with van der Waals surface area (Å²) in [5, 5.41) is 15.3. The van der Waals surface area contributed by atoms with Gasteiger partial charge < -0.3 is 15.1 Å². The van der Waals surface area contributed by atoms with Crippen molar-refractivity contribution in [2.75, 3.05) is 44.7 Å². The normalized spacial score (nSPS) is 15.7. The number of amides is 1. The minimum absolute atomic E-state index is 0.214. The summed E-state index contributed by atoms with van der Waals surface area (Å²) in [5.41, 5.74) is 0.736. The largest absolute Gasteiger partial charge is 0.352 e. The smallest absolute Gasteiger partial charge is 0.223 e. The maximum absolute atomic E-state index is 12.0. The maximum Gasteiger partial charge on any atom is 0.223 e. The van der Waals surface area contributed by atoms with Crippen molar-refractivity contribution in [1.82, 2.24) is 30.0 Å². The van der Waals surface area contributed by atoms with Crippen molar-refractivity contribution < 1.29 is 4.79 Å². The summed E-state index contributed by atoms with van der Waals surface area (Å²) in [7, 11) is 1.86. The molecule has 112 valence electrons. The summed E-state index contributed by atoms with van der Waals surface area (Å²) in [6, 6.07) is 3.85. The lowest BCUT2D eigenvalue weighted by molar-refractivity contribution is -0.131. The van der Waals surface area contributed by atoms with Gasteiger partial charge in [0, 0.05) is 39.1 Å². The highest BCUT2D eigenvalue weighted by atomic mass is 16.2. The van der Waals surface area contributed by atoms with Crippen LogP contribution in [0.25, 0.3) is 5.65 Å². The number of nitrogens with one attached hydrogen (secondary N) is 1. The molecule has 21 heavy (non-hydrogen) atoms. The van der Waals surface area contributed by atoms with Crippen LogP contribution in [0.2, 0.25) is 0 Å². The Morgan fingerprint density at radius 2 is 2.10 bits per heavy atom.